The van der Waals surface area contributed by atoms with Gasteiger partial charge in [-0.05, 0) is 36.8 Å². The van der Waals surface area contributed by atoms with E-state index in [9.17, 15) is 32.9 Å². The molecule has 0 radical (unpaired) electrons. The van der Waals surface area contributed by atoms with E-state index in [2.05, 4.69) is 15.4 Å². The number of benzene rings is 2. The van der Waals surface area contributed by atoms with Gasteiger partial charge in [0.2, 0.25) is 5.91 Å². The lowest BCUT2D eigenvalue weighted by molar-refractivity contribution is -0.385. The molecule has 0 aliphatic heterocycles. The molecule has 0 aromatic heterocycles. The summed E-state index contributed by atoms with van der Waals surface area (Å²) >= 11 is 6.00. The predicted molar refractivity (Wildman–Crippen MR) is 102 cm³/mol. The number of nitrogens with one attached hydrogen (secondary N) is 2. The first-order valence-electron chi connectivity index (χ1n) is 8.28. The number of nitrogens with zero attached hydrogens (tertiary/aromatic N) is 1. The second kappa shape index (κ2) is 9.44. The Kier molecular flexibility index (Phi) is 7.22. The summed E-state index contributed by atoms with van der Waals surface area (Å²) in [7, 11) is 0. The van der Waals surface area contributed by atoms with Crippen LogP contribution in [0.2, 0.25) is 5.02 Å². The molecule has 0 saturated heterocycles. The largest absolute Gasteiger partial charge is 0.484 e. The van der Waals surface area contributed by atoms with Gasteiger partial charge in [0.05, 0.1) is 22.2 Å². The second-order valence-corrected chi connectivity index (χ2v) is 6.46. The van der Waals surface area contributed by atoms with Gasteiger partial charge in [-0.3, -0.25) is 19.7 Å². The highest BCUT2D eigenvalue weighted by Gasteiger charge is 2.29. The van der Waals surface area contributed by atoms with Crippen LogP contribution in [0.1, 0.15) is 15.9 Å². The summed E-state index contributed by atoms with van der Waals surface area (Å²) in [6, 6.07) is 7.46. The molecule has 0 aliphatic carbocycles. The molecule has 0 spiro atoms. The monoisotopic (exact) mass is 445 g/mol. The van der Waals surface area contributed by atoms with Gasteiger partial charge < -0.3 is 15.4 Å². The number of anilines is 1. The highest BCUT2D eigenvalue weighted by Crippen LogP contribution is 2.26. The third-order valence-corrected chi connectivity index (χ3v) is 3.93. The molecule has 8 nitrogen and oxygen atoms in total. The average molecular weight is 446 g/mol. The summed E-state index contributed by atoms with van der Waals surface area (Å²) in [5.41, 5.74) is -0.0454. The van der Waals surface area contributed by atoms with Gasteiger partial charge in [-0.1, -0.05) is 17.7 Å². The standard InChI is InChI=1S/C18H15ClF3N3O5/c1-10-2-4-14(13(19)6-10)24-16(26)8-23-17(27)12-7-11(30-9-18(20,21)22)3-5-15(12)25(28)29/h2-7H,8-9H2,1H3,(H,23,27)(H,24,26). The van der Waals surface area contributed by atoms with Crippen molar-refractivity contribution in [2.24, 2.45) is 0 Å². The van der Waals surface area contributed by atoms with Crippen molar-refractivity contribution in [2.75, 3.05) is 18.5 Å². The Bertz CT molecular complexity index is 982. The Balaban J connectivity index is 2.08. The molecule has 0 unspecified atom stereocenters. The van der Waals surface area contributed by atoms with Gasteiger partial charge in [-0.15, -0.1) is 0 Å². The summed E-state index contributed by atoms with van der Waals surface area (Å²) in [6.07, 6.45) is -4.63. The van der Waals surface area contributed by atoms with Crippen LogP contribution in [0.25, 0.3) is 0 Å². The van der Waals surface area contributed by atoms with Crippen molar-refractivity contribution >= 4 is 34.8 Å². The number of nitro groups is 1. The number of hydrogen-bond donors (Lipinski definition) is 2. The number of aryl methyl sites for hydroxylation is 1. The zero-order valence-electron chi connectivity index (χ0n) is 15.4. The smallest absolute Gasteiger partial charge is 0.422 e. The molecule has 160 valence electrons. The lowest BCUT2D eigenvalue weighted by atomic mass is 10.1. The SMILES string of the molecule is Cc1ccc(NC(=O)CNC(=O)c2cc(OCC(F)(F)F)ccc2[N+](=O)[O-])c(Cl)c1. The zero-order valence-corrected chi connectivity index (χ0v) is 16.1. The summed E-state index contributed by atoms with van der Waals surface area (Å²) in [4.78, 5) is 34.5. The Morgan fingerprint density at radius 1 is 1.20 bits per heavy atom. The first kappa shape index (κ1) is 22.9. The minimum absolute atomic E-state index is 0.278. The fourth-order valence-electron chi connectivity index (χ4n) is 2.28. The van der Waals surface area contributed by atoms with Crippen LogP contribution in [-0.4, -0.2) is 36.1 Å². The summed E-state index contributed by atoms with van der Waals surface area (Å²) < 4.78 is 41.3. The number of carbonyl (C=O) groups is 2. The Labute approximate surface area is 173 Å². The van der Waals surface area contributed by atoms with Crippen LogP contribution in [0.3, 0.4) is 0 Å². The van der Waals surface area contributed by atoms with E-state index in [-0.39, 0.29) is 10.8 Å². The fourth-order valence-corrected chi connectivity index (χ4v) is 2.57. The first-order valence-corrected chi connectivity index (χ1v) is 8.66. The topological polar surface area (TPSA) is 111 Å². The number of amides is 2. The molecule has 2 rings (SSSR count). The van der Waals surface area contributed by atoms with Crippen LogP contribution in [0.4, 0.5) is 24.5 Å². The van der Waals surface area contributed by atoms with Crippen molar-refractivity contribution in [3.05, 3.63) is 62.7 Å². The highest BCUT2D eigenvalue weighted by atomic mass is 35.5. The normalized spacial score (nSPS) is 11.0. The van der Waals surface area contributed by atoms with Crippen molar-refractivity contribution in [1.29, 1.82) is 0 Å². The minimum atomic E-state index is -4.63. The molecule has 30 heavy (non-hydrogen) atoms. The van der Waals surface area contributed by atoms with E-state index >= 15 is 0 Å². The van der Waals surface area contributed by atoms with Gasteiger partial charge in [-0.2, -0.15) is 13.2 Å². The lowest BCUT2D eigenvalue weighted by Gasteiger charge is -2.11. The van der Waals surface area contributed by atoms with Gasteiger partial charge in [0.15, 0.2) is 6.61 Å². The highest BCUT2D eigenvalue weighted by molar-refractivity contribution is 6.33. The molecular weight excluding hydrogens is 431 g/mol. The third-order valence-electron chi connectivity index (χ3n) is 3.62. The number of ether oxygens (including phenoxy) is 1. The van der Waals surface area contributed by atoms with Crippen LogP contribution in [0, 0.1) is 17.0 Å². The van der Waals surface area contributed by atoms with Gasteiger partial charge in [0.25, 0.3) is 11.6 Å². The van der Waals surface area contributed by atoms with Crippen LogP contribution in [0.15, 0.2) is 36.4 Å². The van der Waals surface area contributed by atoms with Crippen molar-refractivity contribution < 1.29 is 32.4 Å². The Morgan fingerprint density at radius 3 is 2.50 bits per heavy atom. The number of alkyl halides is 3. The number of halogens is 4. The average Bonchev–Trinajstić information content (AvgIpc) is 2.65. The number of rotatable bonds is 7. The van der Waals surface area contributed by atoms with Crippen LogP contribution >= 0.6 is 11.6 Å². The Hall–Kier alpha value is -3.34. The van der Waals surface area contributed by atoms with E-state index in [1.165, 1.54) is 0 Å². The van der Waals surface area contributed by atoms with Gasteiger partial charge in [0, 0.05) is 6.07 Å². The molecule has 2 amide bonds. The van der Waals surface area contributed by atoms with Crippen molar-refractivity contribution in [2.45, 2.75) is 13.1 Å². The number of hydrogen-bond acceptors (Lipinski definition) is 5. The van der Waals surface area contributed by atoms with Crippen LogP contribution < -0.4 is 15.4 Å². The summed E-state index contributed by atoms with van der Waals surface area (Å²) in [5.74, 6) is -2.09. The number of nitro benzene ring substituents is 1. The summed E-state index contributed by atoms with van der Waals surface area (Å²) in [5, 5.41) is 16.0. The Morgan fingerprint density at radius 2 is 1.90 bits per heavy atom. The maximum absolute atomic E-state index is 12.3. The van der Waals surface area contributed by atoms with E-state index in [4.69, 9.17) is 11.6 Å². The molecular formula is C18H15ClF3N3O5. The number of carbonyl (C=O) groups excluding carboxylic acids is 2. The lowest BCUT2D eigenvalue weighted by Crippen LogP contribution is -2.33. The quantitative estimate of drug-likeness (QED) is 0.496. The van der Waals surface area contributed by atoms with Crippen molar-refractivity contribution in [1.82, 2.24) is 5.32 Å². The van der Waals surface area contributed by atoms with E-state index in [1.54, 1.807) is 25.1 Å². The first-order chi connectivity index (χ1) is 14.0. The summed E-state index contributed by atoms with van der Waals surface area (Å²) in [6.45, 7) is -0.392. The van der Waals surface area contributed by atoms with E-state index < -0.39 is 47.3 Å². The molecule has 0 aliphatic rings. The van der Waals surface area contributed by atoms with Crippen molar-refractivity contribution in [3.8, 4) is 5.75 Å². The van der Waals surface area contributed by atoms with E-state index in [0.717, 1.165) is 23.8 Å². The zero-order chi connectivity index (χ0) is 22.5. The predicted octanol–water partition coefficient (Wildman–Crippen LogP) is 3.87. The minimum Gasteiger partial charge on any atom is -0.484 e. The molecule has 0 saturated carbocycles. The second-order valence-electron chi connectivity index (χ2n) is 6.05. The molecule has 0 atom stereocenters. The third kappa shape index (κ3) is 6.62. The molecule has 2 aromatic carbocycles. The maximum Gasteiger partial charge on any atom is 0.422 e. The molecule has 0 bridgehead atoms. The molecule has 12 heteroatoms. The van der Waals surface area contributed by atoms with Gasteiger partial charge in [0.1, 0.15) is 11.3 Å². The molecule has 0 fully saturated rings. The van der Waals surface area contributed by atoms with Crippen molar-refractivity contribution in [3.63, 3.8) is 0 Å². The van der Waals surface area contributed by atoms with Gasteiger partial charge >= 0.3 is 6.18 Å². The van der Waals surface area contributed by atoms with E-state index in [1.807, 2.05) is 0 Å². The maximum atomic E-state index is 12.3. The molecule has 2 aromatic rings. The fraction of sp³-hybridized carbons (Fsp3) is 0.222. The van der Waals surface area contributed by atoms with Crippen LogP contribution in [-0.2, 0) is 4.79 Å². The molecule has 0 heterocycles. The van der Waals surface area contributed by atoms with Crippen LogP contribution in [0.5, 0.6) is 5.75 Å². The van der Waals surface area contributed by atoms with Gasteiger partial charge in [-0.25, -0.2) is 0 Å². The molecule has 2 N–H and O–H groups in total. The van der Waals surface area contributed by atoms with E-state index in [0.29, 0.717) is 5.69 Å².